The standard InChI is InChI=1S/C18H17ClN4O4/c1-3-26-17(24)11(2)27-14-7-5-13(6-8-14)20-18-21-15-9-4-12(19)10-16(15)23(25)22-18/h4-11H,3H2,1-2H3,(H,20,21,22). The van der Waals surface area contributed by atoms with Crippen molar-refractivity contribution in [3.05, 3.63) is 52.7 Å². The van der Waals surface area contributed by atoms with Gasteiger partial charge >= 0.3 is 5.97 Å². The second-order valence-corrected chi connectivity index (χ2v) is 6.04. The molecule has 27 heavy (non-hydrogen) atoms. The molecule has 0 bridgehead atoms. The molecule has 9 heteroatoms. The molecule has 0 radical (unpaired) electrons. The van der Waals surface area contributed by atoms with Crippen molar-refractivity contribution in [1.82, 2.24) is 10.1 Å². The highest BCUT2D eigenvalue weighted by molar-refractivity contribution is 6.31. The first-order valence-corrected chi connectivity index (χ1v) is 8.61. The van der Waals surface area contributed by atoms with E-state index in [1.165, 1.54) is 6.07 Å². The Bertz CT molecular complexity index is 965. The van der Waals surface area contributed by atoms with E-state index in [0.29, 0.717) is 33.4 Å². The molecular weight excluding hydrogens is 372 g/mol. The SMILES string of the molecule is CCOC(=O)C(C)Oc1ccc(Nc2nc3ccc(Cl)cc3[n+]([O-])n2)cc1. The summed E-state index contributed by atoms with van der Waals surface area (Å²) in [5, 5.41) is 19.3. The van der Waals surface area contributed by atoms with E-state index in [9.17, 15) is 10.0 Å². The highest BCUT2D eigenvalue weighted by Gasteiger charge is 2.16. The van der Waals surface area contributed by atoms with Gasteiger partial charge in [-0.15, -0.1) is 0 Å². The Balaban J connectivity index is 1.72. The van der Waals surface area contributed by atoms with Crippen LogP contribution in [-0.4, -0.2) is 28.8 Å². The third-order valence-electron chi connectivity index (χ3n) is 3.60. The van der Waals surface area contributed by atoms with Crippen LogP contribution in [0.15, 0.2) is 42.5 Å². The van der Waals surface area contributed by atoms with Crippen LogP contribution >= 0.6 is 11.6 Å². The third kappa shape index (κ3) is 4.53. The van der Waals surface area contributed by atoms with Crippen molar-refractivity contribution in [2.45, 2.75) is 20.0 Å². The van der Waals surface area contributed by atoms with Gasteiger partial charge in [-0.05, 0) is 55.1 Å². The van der Waals surface area contributed by atoms with Crippen LogP contribution in [0.5, 0.6) is 5.75 Å². The number of anilines is 2. The van der Waals surface area contributed by atoms with Crippen LogP contribution in [0.1, 0.15) is 13.8 Å². The van der Waals surface area contributed by atoms with Crippen molar-refractivity contribution in [3.63, 3.8) is 0 Å². The molecule has 0 aliphatic heterocycles. The summed E-state index contributed by atoms with van der Waals surface area (Å²) in [6, 6.07) is 11.6. The smallest absolute Gasteiger partial charge is 0.347 e. The van der Waals surface area contributed by atoms with Gasteiger partial charge in [-0.3, -0.25) is 0 Å². The summed E-state index contributed by atoms with van der Waals surface area (Å²) < 4.78 is 10.4. The van der Waals surface area contributed by atoms with Crippen molar-refractivity contribution >= 4 is 40.2 Å². The fraction of sp³-hybridized carbons (Fsp3) is 0.222. The fourth-order valence-corrected chi connectivity index (χ4v) is 2.50. The summed E-state index contributed by atoms with van der Waals surface area (Å²) in [6.45, 7) is 3.65. The zero-order chi connectivity index (χ0) is 19.4. The predicted molar refractivity (Wildman–Crippen MR) is 100.0 cm³/mol. The highest BCUT2D eigenvalue weighted by atomic mass is 35.5. The average molecular weight is 389 g/mol. The number of esters is 1. The number of halogens is 1. The molecule has 3 aromatic rings. The van der Waals surface area contributed by atoms with Crippen LogP contribution in [0.25, 0.3) is 11.0 Å². The molecule has 3 rings (SSSR count). The average Bonchev–Trinajstić information content (AvgIpc) is 2.64. The quantitative estimate of drug-likeness (QED) is 0.393. The van der Waals surface area contributed by atoms with Gasteiger partial charge in [0.2, 0.25) is 0 Å². The first-order chi connectivity index (χ1) is 13.0. The lowest BCUT2D eigenvalue weighted by atomic mass is 10.3. The van der Waals surface area contributed by atoms with Gasteiger partial charge in [-0.2, -0.15) is 0 Å². The van der Waals surface area contributed by atoms with E-state index in [0.717, 1.165) is 0 Å². The van der Waals surface area contributed by atoms with E-state index >= 15 is 0 Å². The molecule has 0 saturated carbocycles. The zero-order valence-corrected chi connectivity index (χ0v) is 15.4. The van der Waals surface area contributed by atoms with Gasteiger partial charge in [0.1, 0.15) is 11.3 Å². The topological polar surface area (TPSA) is 100 Å². The van der Waals surface area contributed by atoms with Crippen molar-refractivity contribution in [3.8, 4) is 5.75 Å². The summed E-state index contributed by atoms with van der Waals surface area (Å²) in [6.07, 6.45) is -0.709. The monoisotopic (exact) mass is 388 g/mol. The zero-order valence-electron chi connectivity index (χ0n) is 14.7. The number of aromatic nitrogens is 3. The van der Waals surface area contributed by atoms with Crippen molar-refractivity contribution in [2.75, 3.05) is 11.9 Å². The number of nitrogens with zero attached hydrogens (tertiary/aromatic N) is 3. The fourth-order valence-electron chi connectivity index (χ4n) is 2.33. The molecular formula is C18H17ClN4O4. The molecule has 1 atom stereocenters. The van der Waals surface area contributed by atoms with Crippen molar-refractivity contribution in [2.24, 2.45) is 0 Å². The number of ether oxygens (including phenoxy) is 2. The number of nitrogens with one attached hydrogen (secondary N) is 1. The number of hydrogen-bond acceptors (Lipinski definition) is 7. The number of carbonyl (C=O) groups is 1. The maximum Gasteiger partial charge on any atom is 0.347 e. The molecule has 1 aromatic heterocycles. The summed E-state index contributed by atoms with van der Waals surface area (Å²) in [5.41, 5.74) is 1.40. The van der Waals surface area contributed by atoms with Gasteiger partial charge in [0, 0.05) is 16.8 Å². The molecule has 0 aliphatic rings. The molecule has 0 aliphatic carbocycles. The molecule has 0 saturated heterocycles. The first-order valence-electron chi connectivity index (χ1n) is 8.24. The minimum atomic E-state index is -0.709. The van der Waals surface area contributed by atoms with E-state index in [1.807, 2.05) is 0 Å². The third-order valence-corrected chi connectivity index (χ3v) is 3.83. The molecule has 1 heterocycles. The summed E-state index contributed by atoms with van der Waals surface area (Å²) in [7, 11) is 0. The predicted octanol–water partition coefficient (Wildman–Crippen LogP) is 2.99. The Morgan fingerprint density at radius 1 is 1.30 bits per heavy atom. The largest absolute Gasteiger partial charge is 0.594 e. The van der Waals surface area contributed by atoms with Gasteiger partial charge in [0.05, 0.1) is 11.7 Å². The summed E-state index contributed by atoms with van der Waals surface area (Å²) in [5.74, 6) is 0.229. The van der Waals surface area contributed by atoms with Crippen molar-refractivity contribution in [1.29, 1.82) is 0 Å². The Morgan fingerprint density at radius 2 is 2.04 bits per heavy atom. The van der Waals surface area contributed by atoms with Crippen LogP contribution in [-0.2, 0) is 9.53 Å². The van der Waals surface area contributed by atoms with E-state index in [4.69, 9.17) is 21.1 Å². The van der Waals surface area contributed by atoms with Gasteiger partial charge in [0.15, 0.2) is 6.10 Å². The van der Waals surface area contributed by atoms with Crippen molar-refractivity contribution < 1.29 is 19.1 Å². The molecule has 1 unspecified atom stereocenters. The molecule has 0 spiro atoms. The lowest BCUT2D eigenvalue weighted by Gasteiger charge is -2.13. The van der Waals surface area contributed by atoms with Gasteiger partial charge in [-0.25, -0.2) is 9.78 Å². The number of hydrogen-bond donors (Lipinski definition) is 1. The van der Waals surface area contributed by atoms with E-state index < -0.39 is 12.1 Å². The van der Waals surface area contributed by atoms with Crippen LogP contribution in [0.3, 0.4) is 0 Å². The van der Waals surface area contributed by atoms with Crippen LogP contribution in [0, 0.1) is 5.21 Å². The van der Waals surface area contributed by atoms with Gasteiger partial charge in [-0.1, -0.05) is 11.6 Å². The Morgan fingerprint density at radius 3 is 2.74 bits per heavy atom. The number of fused-ring (bicyclic) bond motifs is 1. The number of benzene rings is 2. The van der Waals surface area contributed by atoms with Crippen LogP contribution in [0.4, 0.5) is 11.6 Å². The van der Waals surface area contributed by atoms with Gasteiger partial charge in [0.25, 0.3) is 11.5 Å². The molecule has 8 nitrogen and oxygen atoms in total. The normalized spacial score (nSPS) is 11.8. The van der Waals surface area contributed by atoms with E-state index in [2.05, 4.69) is 15.4 Å². The Hall–Kier alpha value is -3.13. The summed E-state index contributed by atoms with van der Waals surface area (Å²) >= 11 is 5.88. The van der Waals surface area contributed by atoms with E-state index in [1.54, 1.807) is 50.2 Å². The van der Waals surface area contributed by atoms with Crippen LogP contribution in [0.2, 0.25) is 5.02 Å². The first kappa shape index (κ1) is 18.7. The minimum absolute atomic E-state index is 0.147. The molecule has 0 fully saturated rings. The van der Waals surface area contributed by atoms with Gasteiger partial charge < -0.3 is 20.0 Å². The minimum Gasteiger partial charge on any atom is -0.594 e. The lowest BCUT2D eigenvalue weighted by molar-refractivity contribution is -0.641. The number of rotatable bonds is 6. The maximum atomic E-state index is 12.0. The Kier molecular flexibility index (Phi) is 5.56. The van der Waals surface area contributed by atoms with Crippen LogP contribution < -0.4 is 14.9 Å². The molecule has 0 amide bonds. The Labute approximate surface area is 160 Å². The second-order valence-electron chi connectivity index (χ2n) is 5.60. The van der Waals surface area contributed by atoms with E-state index in [-0.39, 0.29) is 11.5 Å². The second kappa shape index (κ2) is 8.05. The molecule has 140 valence electrons. The summed E-state index contributed by atoms with van der Waals surface area (Å²) in [4.78, 5) is 16.4. The highest BCUT2D eigenvalue weighted by Crippen LogP contribution is 2.20. The lowest BCUT2D eigenvalue weighted by Crippen LogP contribution is -2.33. The molecule has 2 aromatic carbocycles. The number of carbonyl (C=O) groups excluding carboxylic acids is 1. The maximum absolute atomic E-state index is 12.0. The molecule has 1 N–H and O–H groups in total.